The number of aromatic nitrogens is 1. The van der Waals surface area contributed by atoms with Crippen LogP contribution in [0.3, 0.4) is 0 Å². The van der Waals surface area contributed by atoms with Crippen LogP contribution in [0.15, 0.2) is 35.8 Å². The largest absolute Gasteiger partial charge is 0.494 e. The van der Waals surface area contributed by atoms with Crippen molar-refractivity contribution in [2.24, 2.45) is 0 Å². The fraction of sp³-hybridized carbons (Fsp3) is 0.412. The van der Waals surface area contributed by atoms with E-state index in [0.717, 1.165) is 35.8 Å². The van der Waals surface area contributed by atoms with E-state index in [2.05, 4.69) is 15.2 Å². The van der Waals surface area contributed by atoms with Gasteiger partial charge in [0.2, 0.25) is 5.91 Å². The highest BCUT2D eigenvalue weighted by Gasteiger charge is 2.32. The highest BCUT2D eigenvalue weighted by Crippen LogP contribution is 2.27. The molecule has 1 fully saturated rings. The fourth-order valence-corrected chi connectivity index (χ4v) is 3.59. The lowest BCUT2D eigenvalue weighted by Crippen LogP contribution is -2.43. The molecule has 1 aliphatic heterocycles. The number of para-hydroxylation sites is 1. The Bertz CT molecular complexity index is 645. The van der Waals surface area contributed by atoms with Crippen molar-refractivity contribution in [3.8, 4) is 5.75 Å². The molecule has 1 saturated heterocycles. The summed E-state index contributed by atoms with van der Waals surface area (Å²) in [5, 5.41) is 5.92. The molecular formula is C17H21N3O2S. The van der Waals surface area contributed by atoms with Gasteiger partial charge >= 0.3 is 0 Å². The normalized spacial score (nSPS) is 17.3. The van der Waals surface area contributed by atoms with E-state index < -0.39 is 0 Å². The van der Waals surface area contributed by atoms with Crippen LogP contribution >= 0.6 is 11.3 Å². The van der Waals surface area contributed by atoms with Crippen LogP contribution in [0.5, 0.6) is 5.75 Å². The minimum absolute atomic E-state index is 0.0593. The molecular weight excluding hydrogens is 310 g/mol. The second-order valence-corrected chi connectivity index (χ2v) is 6.30. The van der Waals surface area contributed by atoms with Gasteiger partial charge in [-0.25, -0.2) is 4.98 Å². The quantitative estimate of drug-likeness (QED) is 0.884. The van der Waals surface area contributed by atoms with Crippen LogP contribution in [-0.4, -0.2) is 30.1 Å². The molecule has 1 aromatic heterocycles. The first-order valence-electron chi connectivity index (χ1n) is 7.94. The van der Waals surface area contributed by atoms with E-state index in [4.69, 9.17) is 4.74 Å². The van der Waals surface area contributed by atoms with Gasteiger partial charge in [-0.3, -0.25) is 4.79 Å². The predicted molar refractivity (Wildman–Crippen MR) is 91.9 cm³/mol. The van der Waals surface area contributed by atoms with Crippen LogP contribution in [0.4, 0.5) is 5.13 Å². The Balaban J connectivity index is 1.63. The number of thiazole rings is 1. The Kier molecular flexibility index (Phi) is 5.12. The van der Waals surface area contributed by atoms with Crippen molar-refractivity contribution in [3.05, 3.63) is 41.4 Å². The van der Waals surface area contributed by atoms with Crippen molar-refractivity contribution in [2.45, 2.75) is 32.4 Å². The average molecular weight is 331 g/mol. The first-order chi connectivity index (χ1) is 11.3. The summed E-state index contributed by atoms with van der Waals surface area (Å²) in [5.41, 5.74) is 1.00. The molecule has 5 nitrogen and oxygen atoms in total. The van der Waals surface area contributed by atoms with Gasteiger partial charge in [0.25, 0.3) is 0 Å². The summed E-state index contributed by atoms with van der Waals surface area (Å²) >= 11 is 1.58. The summed E-state index contributed by atoms with van der Waals surface area (Å²) in [6.07, 6.45) is 3.68. The van der Waals surface area contributed by atoms with E-state index in [0.29, 0.717) is 13.2 Å². The summed E-state index contributed by atoms with van der Waals surface area (Å²) in [6, 6.07) is 7.69. The van der Waals surface area contributed by atoms with Crippen LogP contribution < -0.4 is 15.0 Å². The number of benzene rings is 1. The maximum atomic E-state index is 12.6. The van der Waals surface area contributed by atoms with E-state index in [9.17, 15) is 4.79 Å². The first-order valence-corrected chi connectivity index (χ1v) is 8.82. The smallest absolute Gasteiger partial charge is 0.243 e. The van der Waals surface area contributed by atoms with E-state index >= 15 is 0 Å². The summed E-state index contributed by atoms with van der Waals surface area (Å²) in [5.74, 6) is 0.891. The molecule has 6 heteroatoms. The van der Waals surface area contributed by atoms with E-state index in [1.54, 1.807) is 17.5 Å². The second kappa shape index (κ2) is 7.46. The predicted octanol–water partition coefficient (Wildman–Crippen LogP) is 2.83. The number of hydrogen-bond donors (Lipinski definition) is 1. The van der Waals surface area contributed by atoms with Gasteiger partial charge in [0.15, 0.2) is 5.13 Å². The van der Waals surface area contributed by atoms with Crippen molar-refractivity contribution in [3.63, 3.8) is 0 Å². The van der Waals surface area contributed by atoms with Gasteiger partial charge in [-0.05, 0) is 25.8 Å². The van der Waals surface area contributed by atoms with Crippen LogP contribution in [0.2, 0.25) is 0 Å². The number of ether oxygens (including phenoxy) is 1. The third-order valence-corrected chi connectivity index (χ3v) is 4.75. The first kappa shape index (κ1) is 15.8. The molecule has 1 unspecified atom stereocenters. The lowest BCUT2D eigenvalue weighted by atomic mass is 10.1. The molecule has 2 heterocycles. The van der Waals surface area contributed by atoms with Gasteiger partial charge in [0.1, 0.15) is 11.8 Å². The van der Waals surface area contributed by atoms with Crippen molar-refractivity contribution < 1.29 is 9.53 Å². The summed E-state index contributed by atoms with van der Waals surface area (Å²) < 4.78 is 5.60. The Labute approximate surface area is 140 Å². The van der Waals surface area contributed by atoms with Gasteiger partial charge in [-0.1, -0.05) is 18.2 Å². The van der Waals surface area contributed by atoms with E-state index in [1.165, 1.54) is 0 Å². The van der Waals surface area contributed by atoms with Crippen molar-refractivity contribution in [2.75, 3.05) is 18.1 Å². The number of carbonyl (C=O) groups excluding carboxylic acids is 1. The molecule has 1 aromatic carbocycles. The number of nitrogens with one attached hydrogen (secondary N) is 1. The van der Waals surface area contributed by atoms with Gasteiger partial charge < -0.3 is 15.0 Å². The van der Waals surface area contributed by atoms with Crippen LogP contribution in [0.1, 0.15) is 25.3 Å². The summed E-state index contributed by atoms with van der Waals surface area (Å²) in [4.78, 5) is 19.0. The molecule has 0 saturated carbocycles. The van der Waals surface area contributed by atoms with Gasteiger partial charge in [0, 0.05) is 30.2 Å². The summed E-state index contributed by atoms with van der Waals surface area (Å²) in [6.45, 7) is 3.95. The molecule has 1 N–H and O–H groups in total. The van der Waals surface area contributed by atoms with Crippen LogP contribution in [-0.2, 0) is 11.3 Å². The molecule has 3 rings (SSSR count). The second-order valence-electron chi connectivity index (χ2n) is 5.42. The SMILES string of the molecule is CCOc1ccccc1CNC(=O)C1CCCN1c1nccs1. The Morgan fingerprint density at radius 3 is 3.13 bits per heavy atom. The highest BCUT2D eigenvalue weighted by molar-refractivity contribution is 7.13. The molecule has 1 amide bonds. The molecule has 0 aliphatic carbocycles. The third kappa shape index (κ3) is 3.64. The molecule has 1 aliphatic rings. The van der Waals surface area contributed by atoms with Gasteiger partial charge in [0.05, 0.1) is 6.61 Å². The molecule has 1 atom stereocenters. The monoisotopic (exact) mass is 331 g/mol. The standard InChI is InChI=1S/C17H21N3O2S/c1-2-22-15-8-4-3-6-13(15)12-19-16(21)14-7-5-10-20(14)17-18-9-11-23-17/h3-4,6,8-9,11,14H,2,5,7,10,12H2,1H3,(H,19,21). The molecule has 23 heavy (non-hydrogen) atoms. The average Bonchev–Trinajstić information content (AvgIpc) is 3.24. The zero-order valence-electron chi connectivity index (χ0n) is 13.2. The maximum Gasteiger partial charge on any atom is 0.243 e. The van der Waals surface area contributed by atoms with Crippen LogP contribution in [0, 0.1) is 0 Å². The molecule has 0 spiro atoms. The lowest BCUT2D eigenvalue weighted by molar-refractivity contribution is -0.122. The number of rotatable bonds is 6. The summed E-state index contributed by atoms with van der Waals surface area (Å²) in [7, 11) is 0. The van der Waals surface area contributed by atoms with Gasteiger partial charge in [-0.2, -0.15) is 0 Å². The van der Waals surface area contributed by atoms with Gasteiger partial charge in [-0.15, -0.1) is 11.3 Å². The molecule has 2 aromatic rings. The topological polar surface area (TPSA) is 54.5 Å². The zero-order chi connectivity index (χ0) is 16.1. The Morgan fingerprint density at radius 1 is 1.48 bits per heavy atom. The minimum Gasteiger partial charge on any atom is -0.494 e. The molecule has 0 bridgehead atoms. The van der Waals surface area contributed by atoms with E-state index in [-0.39, 0.29) is 11.9 Å². The van der Waals surface area contributed by atoms with Crippen molar-refractivity contribution >= 4 is 22.4 Å². The van der Waals surface area contributed by atoms with Crippen molar-refractivity contribution in [1.82, 2.24) is 10.3 Å². The Hall–Kier alpha value is -2.08. The fourth-order valence-electron chi connectivity index (χ4n) is 2.87. The minimum atomic E-state index is -0.125. The van der Waals surface area contributed by atoms with Crippen LogP contribution in [0.25, 0.3) is 0 Å². The zero-order valence-corrected chi connectivity index (χ0v) is 14.0. The highest BCUT2D eigenvalue weighted by atomic mass is 32.1. The number of nitrogens with zero attached hydrogens (tertiary/aromatic N) is 2. The molecule has 0 radical (unpaired) electrons. The maximum absolute atomic E-state index is 12.6. The number of amides is 1. The number of hydrogen-bond acceptors (Lipinski definition) is 5. The number of carbonyl (C=O) groups is 1. The van der Waals surface area contributed by atoms with Crippen molar-refractivity contribution in [1.29, 1.82) is 0 Å². The van der Waals surface area contributed by atoms with E-state index in [1.807, 2.05) is 36.6 Å². The molecule has 122 valence electrons. The number of anilines is 1. The third-order valence-electron chi connectivity index (χ3n) is 3.95. The Morgan fingerprint density at radius 2 is 2.35 bits per heavy atom. The lowest BCUT2D eigenvalue weighted by Gasteiger charge is -2.23.